The van der Waals surface area contributed by atoms with Crippen LogP contribution in [0.15, 0.2) is 48.5 Å². The van der Waals surface area contributed by atoms with E-state index in [4.69, 9.17) is 4.74 Å². The van der Waals surface area contributed by atoms with E-state index >= 15 is 0 Å². The fraction of sp³-hybridized carbons (Fsp3) is 0.400. The van der Waals surface area contributed by atoms with Gasteiger partial charge in [0.15, 0.2) is 0 Å². The van der Waals surface area contributed by atoms with Crippen LogP contribution in [0.5, 0.6) is 0 Å². The molecule has 1 aliphatic heterocycles. The zero-order valence-corrected chi connectivity index (χ0v) is 17.9. The second-order valence-electron chi connectivity index (χ2n) is 8.96. The highest BCUT2D eigenvalue weighted by Crippen LogP contribution is 2.51. The van der Waals surface area contributed by atoms with Crippen molar-refractivity contribution in [2.24, 2.45) is 17.8 Å². The van der Waals surface area contributed by atoms with Gasteiger partial charge in [-0.2, -0.15) is 0 Å². The lowest BCUT2D eigenvalue weighted by atomic mass is 9.98. The van der Waals surface area contributed by atoms with Gasteiger partial charge in [-0.3, -0.25) is 9.59 Å². The Bertz CT molecular complexity index is 1040. The van der Waals surface area contributed by atoms with Gasteiger partial charge in [-0.1, -0.05) is 48.5 Å². The van der Waals surface area contributed by atoms with Gasteiger partial charge in [0, 0.05) is 19.0 Å². The Labute approximate surface area is 186 Å². The first-order chi connectivity index (χ1) is 15.5. The first-order valence-electron chi connectivity index (χ1n) is 11.1. The zero-order chi connectivity index (χ0) is 22.4. The van der Waals surface area contributed by atoms with Crippen molar-refractivity contribution in [3.05, 3.63) is 59.7 Å². The summed E-state index contributed by atoms with van der Waals surface area (Å²) in [5.74, 6) is -1.14. The van der Waals surface area contributed by atoms with Crippen LogP contribution in [-0.4, -0.2) is 53.7 Å². The van der Waals surface area contributed by atoms with E-state index in [1.54, 1.807) is 11.8 Å². The van der Waals surface area contributed by atoms with Crippen LogP contribution in [0, 0.1) is 17.8 Å². The molecule has 0 radical (unpaired) electrons. The van der Waals surface area contributed by atoms with Gasteiger partial charge in [-0.15, -0.1) is 0 Å². The van der Waals surface area contributed by atoms with Crippen molar-refractivity contribution in [2.45, 2.75) is 25.3 Å². The number of alkyl carbamates (subject to hydrolysis) is 1. The third-order valence-corrected chi connectivity index (χ3v) is 7.14. The van der Waals surface area contributed by atoms with Crippen LogP contribution in [-0.2, 0) is 14.3 Å². The van der Waals surface area contributed by atoms with Crippen LogP contribution in [0.2, 0.25) is 0 Å². The van der Waals surface area contributed by atoms with E-state index in [1.807, 2.05) is 24.3 Å². The molecule has 7 nitrogen and oxygen atoms in total. The van der Waals surface area contributed by atoms with Crippen LogP contribution < -0.4 is 5.32 Å². The maximum atomic E-state index is 12.8. The number of amides is 2. The number of rotatable bonds is 5. The van der Waals surface area contributed by atoms with Crippen molar-refractivity contribution >= 4 is 18.0 Å². The minimum atomic E-state index is -0.779. The summed E-state index contributed by atoms with van der Waals surface area (Å²) in [6.45, 7) is 2.80. The number of carbonyl (C=O) groups excluding carboxylic acids is 2. The lowest BCUT2D eigenvalue weighted by Crippen LogP contribution is -2.49. The molecule has 32 heavy (non-hydrogen) atoms. The van der Waals surface area contributed by atoms with Crippen molar-refractivity contribution in [1.29, 1.82) is 0 Å². The van der Waals surface area contributed by atoms with E-state index in [0.29, 0.717) is 19.5 Å². The summed E-state index contributed by atoms with van der Waals surface area (Å²) in [6.07, 6.45) is 0.0721. The standard InChI is InChI=1S/C25H26N2O5/c1-14(23(28)27-11-10-19-20(12-27)22(19)24(29)30)26-25(31)32-13-21-17-8-4-2-6-15(17)16-7-3-5-9-18(16)21/h2-9,14,19-22H,10-13H2,1H3,(H,26,31)(H,29,30)/t14-,19+,20-,22?/m0/s1. The molecule has 7 heteroatoms. The number of carboxylic acid groups (broad SMARTS) is 1. The number of nitrogens with zero attached hydrogens (tertiary/aromatic N) is 1. The number of benzene rings is 2. The number of aliphatic carboxylic acids is 1. The van der Waals surface area contributed by atoms with E-state index in [9.17, 15) is 19.5 Å². The van der Waals surface area contributed by atoms with Gasteiger partial charge in [0.05, 0.1) is 5.92 Å². The largest absolute Gasteiger partial charge is 0.481 e. The van der Waals surface area contributed by atoms with Gasteiger partial charge in [-0.05, 0) is 47.4 Å². The Morgan fingerprint density at radius 3 is 2.31 bits per heavy atom. The summed E-state index contributed by atoms with van der Waals surface area (Å²) in [6, 6.07) is 15.5. The summed E-state index contributed by atoms with van der Waals surface area (Å²) in [5.41, 5.74) is 4.57. The smallest absolute Gasteiger partial charge is 0.407 e. The van der Waals surface area contributed by atoms with Crippen LogP contribution >= 0.6 is 0 Å². The number of piperidine rings is 1. The molecular weight excluding hydrogens is 408 g/mol. The van der Waals surface area contributed by atoms with Crippen molar-refractivity contribution in [1.82, 2.24) is 10.2 Å². The predicted molar refractivity (Wildman–Crippen MR) is 117 cm³/mol. The highest BCUT2D eigenvalue weighted by Gasteiger charge is 2.57. The average Bonchev–Trinajstić information content (AvgIpc) is 3.44. The molecular formula is C25H26N2O5. The topological polar surface area (TPSA) is 95.9 Å². The molecule has 0 spiro atoms. The van der Waals surface area contributed by atoms with Crippen LogP contribution in [0.3, 0.4) is 0 Å². The monoisotopic (exact) mass is 434 g/mol. The summed E-state index contributed by atoms with van der Waals surface area (Å²) < 4.78 is 5.53. The van der Waals surface area contributed by atoms with Crippen molar-refractivity contribution in [2.75, 3.05) is 19.7 Å². The zero-order valence-electron chi connectivity index (χ0n) is 17.9. The number of nitrogens with one attached hydrogen (secondary N) is 1. The minimum absolute atomic E-state index is 0.0341. The quantitative estimate of drug-likeness (QED) is 0.754. The molecule has 2 N–H and O–H groups in total. The molecule has 2 aromatic carbocycles. The molecule has 3 aliphatic rings. The molecule has 2 aromatic rings. The Kier molecular flexibility index (Phi) is 5.12. The Hall–Kier alpha value is -3.35. The molecule has 1 unspecified atom stereocenters. The Morgan fingerprint density at radius 1 is 1.06 bits per heavy atom. The lowest BCUT2D eigenvalue weighted by molar-refractivity contribution is -0.139. The molecule has 4 atom stereocenters. The first kappa shape index (κ1) is 20.5. The molecule has 1 saturated heterocycles. The van der Waals surface area contributed by atoms with E-state index in [2.05, 4.69) is 29.6 Å². The molecule has 166 valence electrons. The van der Waals surface area contributed by atoms with Gasteiger partial charge >= 0.3 is 12.1 Å². The van der Waals surface area contributed by atoms with Crippen LogP contribution in [0.25, 0.3) is 11.1 Å². The summed E-state index contributed by atoms with van der Waals surface area (Å²) in [5, 5.41) is 11.9. The minimum Gasteiger partial charge on any atom is -0.481 e. The first-order valence-corrected chi connectivity index (χ1v) is 11.1. The van der Waals surface area contributed by atoms with Gasteiger partial charge in [0.25, 0.3) is 0 Å². The molecule has 0 aromatic heterocycles. The maximum absolute atomic E-state index is 12.8. The number of fused-ring (bicyclic) bond motifs is 4. The summed E-state index contributed by atoms with van der Waals surface area (Å²) >= 11 is 0. The molecule has 2 fully saturated rings. The second-order valence-corrected chi connectivity index (χ2v) is 8.96. The fourth-order valence-corrected chi connectivity index (χ4v) is 5.46. The number of carboxylic acids is 1. The lowest BCUT2D eigenvalue weighted by Gasteiger charge is -2.29. The van der Waals surface area contributed by atoms with Gasteiger partial charge in [0.2, 0.25) is 5.91 Å². The number of carbonyl (C=O) groups is 3. The molecule has 2 amide bonds. The van der Waals surface area contributed by atoms with E-state index in [0.717, 1.165) is 22.3 Å². The number of likely N-dealkylation sites (tertiary alicyclic amines) is 1. The maximum Gasteiger partial charge on any atom is 0.407 e. The Balaban J connectivity index is 1.17. The SMILES string of the molecule is C[C@H](NC(=O)OCC1c2ccccc2-c2ccccc21)C(=O)N1CC[C@H]2C(C(=O)O)[C@H]2C1. The summed E-state index contributed by atoms with van der Waals surface area (Å²) in [4.78, 5) is 38.1. The second kappa shape index (κ2) is 7.97. The highest BCUT2D eigenvalue weighted by atomic mass is 16.5. The van der Waals surface area contributed by atoms with Crippen molar-refractivity contribution < 1.29 is 24.2 Å². The molecule has 1 saturated carbocycles. The van der Waals surface area contributed by atoms with Crippen molar-refractivity contribution in [3.63, 3.8) is 0 Å². The fourth-order valence-electron chi connectivity index (χ4n) is 5.46. The number of hydrogen-bond donors (Lipinski definition) is 2. The van der Waals surface area contributed by atoms with Gasteiger partial charge in [-0.25, -0.2) is 4.79 Å². The van der Waals surface area contributed by atoms with E-state index in [1.165, 1.54) is 0 Å². The van der Waals surface area contributed by atoms with Crippen LogP contribution in [0.1, 0.15) is 30.4 Å². The summed E-state index contributed by atoms with van der Waals surface area (Å²) in [7, 11) is 0. The van der Waals surface area contributed by atoms with Crippen LogP contribution in [0.4, 0.5) is 4.79 Å². The molecule has 0 bridgehead atoms. The number of hydrogen-bond acceptors (Lipinski definition) is 4. The van der Waals surface area contributed by atoms with E-state index < -0.39 is 18.1 Å². The third-order valence-electron chi connectivity index (χ3n) is 7.14. The van der Waals surface area contributed by atoms with Gasteiger partial charge < -0.3 is 20.1 Å². The molecule has 2 aliphatic carbocycles. The highest BCUT2D eigenvalue weighted by molar-refractivity contribution is 5.86. The molecule has 1 heterocycles. The van der Waals surface area contributed by atoms with Gasteiger partial charge in [0.1, 0.15) is 12.6 Å². The van der Waals surface area contributed by atoms with E-state index in [-0.39, 0.29) is 36.2 Å². The molecule has 5 rings (SSSR count). The third kappa shape index (κ3) is 3.51. The van der Waals surface area contributed by atoms with Crippen molar-refractivity contribution in [3.8, 4) is 11.1 Å². The number of ether oxygens (including phenoxy) is 1. The normalized spacial score (nSPS) is 24.0. The average molecular weight is 434 g/mol. The Morgan fingerprint density at radius 2 is 1.69 bits per heavy atom. The predicted octanol–water partition coefficient (Wildman–Crippen LogP) is 3.09.